The van der Waals surface area contributed by atoms with Crippen molar-refractivity contribution in [2.75, 3.05) is 5.32 Å². The van der Waals surface area contributed by atoms with Gasteiger partial charge in [0.05, 0.1) is 5.69 Å². The number of fused-ring (bicyclic) bond motifs is 1. The van der Waals surface area contributed by atoms with Crippen LogP contribution in [0.2, 0.25) is 0 Å². The number of hydrogen-bond acceptors (Lipinski definition) is 5. The maximum absolute atomic E-state index is 12.2. The van der Waals surface area contributed by atoms with Gasteiger partial charge in [0.2, 0.25) is 5.91 Å². The van der Waals surface area contributed by atoms with Crippen LogP contribution in [0.5, 0.6) is 0 Å². The Kier molecular flexibility index (Phi) is 4.86. The molecule has 8 heteroatoms. The van der Waals surface area contributed by atoms with E-state index in [1.807, 2.05) is 35.7 Å². The number of thiazole rings is 1. The SMILES string of the molecule is O=C(CCn1ccc(=O)[nH]c1=O)Nc1nc(-c2ccc3ccccc3c2)cs1. The van der Waals surface area contributed by atoms with Crippen molar-refractivity contribution in [3.05, 3.63) is 80.9 Å². The van der Waals surface area contributed by atoms with E-state index in [0.717, 1.165) is 22.0 Å². The van der Waals surface area contributed by atoms with Crippen LogP contribution in [0.4, 0.5) is 5.13 Å². The third kappa shape index (κ3) is 3.91. The molecular formula is C20H16N4O3S. The number of aromatic nitrogens is 3. The van der Waals surface area contributed by atoms with Crippen molar-refractivity contribution in [2.45, 2.75) is 13.0 Å². The first kappa shape index (κ1) is 17.9. The molecule has 4 rings (SSSR count). The molecule has 0 aliphatic rings. The van der Waals surface area contributed by atoms with Crippen LogP contribution in [-0.4, -0.2) is 20.4 Å². The number of H-pyrrole nitrogens is 1. The summed E-state index contributed by atoms with van der Waals surface area (Å²) in [6, 6.07) is 15.5. The highest BCUT2D eigenvalue weighted by Gasteiger charge is 2.09. The van der Waals surface area contributed by atoms with Crippen molar-refractivity contribution in [2.24, 2.45) is 0 Å². The molecule has 2 heterocycles. The lowest BCUT2D eigenvalue weighted by molar-refractivity contribution is -0.116. The monoisotopic (exact) mass is 392 g/mol. The molecule has 0 saturated carbocycles. The van der Waals surface area contributed by atoms with Gasteiger partial charge in [-0.1, -0.05) is 36.4 Å². The molecule has 28 heavy (non-hydrogen) atoms. The fourth-order valence-corrected chi connectivity index (χ4v) is 3.57. The second-order valence-corrected chi connectivity index (χ2v) is 7.06. The number of benzene rings is 2. The number of carbonyl (C=O) groups is 1. The zero-order valence-corrected chi connectivity index (χ0v) is 15.5. The zero-order chi connectivity index (χ0) is 19.5. The molecule has 0 fully saturated rings. The van der Waals surface area contributed by atoms with Crippen molar-refractivity contribution in [3.63, 3.8) is 0 Å². The Balaban J connectivity index is 1.43. The first-order valence-corrected chi connectivity index (χ1v) is 9.51. The third-order valence-corrected chi connectivity index (χ3v) is 5.03. The quantitative estimate of drug-likeness (QED) is 0.546. The van der Waals surface area contributed by atoms with Gasteiger partial charge in [0.1, 0.15) is 0 Å². The van der Waals surface area contributed by atoms with Gasteiger partial charge in [0.25, 0.3) is 5.56 Å². The number of rotatable bonds is 5. The molecule has 0 aliphatic heterocycles. The summed E-state index contributed by atoms with van der Waals surface area (Å²) >= 11 is 1.35. The van der Waals surface area contributed by atoms with E-state index in [-0.39, 0.29) is 18.9 Å². The molecule has 140 valence electrons. The maximum Gasteiger partial charge on any atom is 0.328 e. The van der Waals surface area contributed by atoms with Gasteiger partial charge in [0, 0.05) is 36.2 Å². The lowest BCUT2D eigenvalue weighted by Crippen LogP contribution is -2.29. The Morgan fingerprint density at radius 3 is 2.75 bits per heavy atom. The van der Waals surface area contributed by atoms with Crippen LogP contribution in [0.25, 0.3) is 22.0 Å². The van der Waals surface area contributed by atoms with E-state index in [9.17, 15) is 14.4 Å². The van der Waals surface area contributed by atoms with Crippen molar-refractivity contribution in [1.82, 2.24) is 14.5 Å². The molecule has 0 aliphatic carbocycles. The summed E-state index contributed by atoms with van der Waals surface area (Å²) in [6.07, 6.45) is 1.46. The molecule has 7 nitrogen and oxygen atoms in total. The topological polar surface area (TPSA) is 96.9 Å². The van der Waals surface area contributed by atoms with Crippen LogP contribution in [0.1, 0.15) is 6.42 Å². The maximum atomic E-state index is 12.2. The third-order valence-electron chi connectivity index (χ3n) is 4.27. The smallest absolute Gasteiger partial charge is 0.302 e. The van der Waals surface area contributed by atoms with Gasteiger partial charge < -0.3 is 9.88 Å². The van der Waals surface area contributed by atoms with Crippen LogP contribution >= 0.6 is 11.3 Å². The molecule has 2 aromatic carbocycles. The molecule has 0 bridgehead atoms. The molecule has 2 aromatic heterocycles. The standard InChI is InChI=1S/C20H16N4O3S/c25-17(7-9-24-10-8-18(26)23-20(24)27)22-19-21-16(12-28-19)15-6-5-13-3-1-2-4-14(13)11-15/h1-6,8,10-12H,7,9H2,(H,21,22,25)(H,23,26,27). The van der Waals surface area contributed by atoms with E-state index in [1.165, 1.54) is 28.2 Å². The largest absolute Gasteiger partial charge is 0.328 e. The van der Waals surface area contributed by atoms with Crippen molar-refractivity contribution in [3.8, 4) is 11.3 Å². The lowest BCUT2D eigenvalue weighted by Gasteiger charge is -2.04. The van der Waals surface area contributed by atoms with Gasteiger partial charge in [-0.25, -0.2) is 9.78 Å². The lowest BCUT2D eigenvalue weighted by atomic mass is 10.1. The Labute approximate surface area is 163 Å². The van der Waals surface area contributed by atoms with Gasteiger partial charge in [0.15, 0.2) is 5.13 Å². The number of nitrogens with one attached hydrogen (secondary N) is 2. The molecule has 2 N–H and O–H groups in total. The van der Waals surface area contributed by atoms with E-state index in [0.29, 0.717) is 5.13 Å². The van der Waals surface area contributed by atoms with E-state index in [1.54, 1.807) is 0 Å². The van der Waals surface area contributed by atoms with Crippen LogP contribution < -0.4 is 16.6 Å². The highest BCUT2D eigenvalue weighted by Crippen LogP contribution is 2.27. The van der Waals surface area contributed by atoms with Crippen LogP contribution in [0.15, 0.2) is 69.7 Å². The van der Waals surface area contributed by atoms with E-state index >= 15 is 0 Å². The normalized spacial score (nSPS) is 10.9. The molecule has 0 atom stereocenters. The van der Waals surface area contributed by atoms with Gasteiger partial charge in [-0.15, -0.1) is 11.3 Å². The minimum atomic E-state index is -0.534. The van der Waals surface area contributed by atoms with Gasteiger partial charge in [-0.3, -0.25) is 14.6 Å². The van der Waals surface area contributed by atoms with Crippen molar-refractivity contribution in [1.29, 1.82) is 0 Å². The number of aromatic amines is 1. The highest BCUT2D eigenvalue weighted by atomic mass is 32.1. The second kappa shape index (κ2) is 7.61. The number of carbonyl (C=O) groups excluding carboxylic acids is 1. The van der Waals surface area contributed by atoms with Crippen molar-refractivity contribution < 1.29 is 4.79 Å². The van der Waals surface area contributed by atoms with Crippen LogP contribution in [-0.2, 0) is 11.3 Å². The van der Waals surface area contributed by atoms with Gasteiger partial charge >= 0.3 is 5.69 Å². The van der Waals surface area contributed by atoms with Crippen LogP contribution in [0.3, 0.4) is 0 Å². The summed E-state index contributed by atoms with van der Waals surface area (Å²) in [4.78, 5) is 41.5. The van der Waals surface area contributed by atoms with E-state index in [4.69, 9.17) is 0 Å². The summed E-state index contributed by atoms with van der Waals surface area (Å²) < 4.78 is 1.28. The van der Waals surface area contributed by atoms with E-state index < -0.39 is 11.2 Å². The predicted octanol–water partition coefficient (Wildman–Crippen LogP) is 2.84. The molecule has 0 spiro atoms. The summed E-state index contributed by atoms with van der Waals surface area (Å²) in [5.41, 5.74) is 0.779. The number of aryl methyl sites for hydroxylation is 1. The fourth-order valence-electron chi connectivity index (χ4n) is 2.84. The molecule has 0 radical (unpaired) electrons. The average molecular weight is 392 g/mol. The molecule has 0 saturated heterocycles. The average Bonchev–Trinajstić information content (AvgIpc) is 3.15. The number of nitrogens with zero attached hydrogens (tertiary/aromatic N) is 2. The first-order chi connectivity index (χ1) is 13.6. The molecule has 1 amide bonds. The van der Waals surface area contributed by atoms with Gasteiger partial charge in [-0.05, 0) is 16.8 Å². The minimum absolute atomic E-state index is 0.0941. The van der Waals surface area contributed by atoms with Gasteiger partial charge in [-0.2, -0.15) is 0 Å². The molecule has 0 unspecified atom stereocenters. The fraction of sp³-hybridized carbons (Fsp3) is 0.100. The number of anilines is 1. The van der Waals surface area contributed by atoms with E-state index in [2.05, 4.69) is 27.4 Å². The predicted molar refractivity (Wildman–Crippen MR) is 110 cm³/mol. The van der Waals surface area contributed by atoms with Crippen molar-refractivity contribution >= 4 is 33.1 Å². The van der Waals surface area contributed by atoms with Crippen LogP contribution in [0, 0.1) is 0 Å². The first-order valence-electron chi connectivity index (χ1n) is 8.63. The highest BCUT2D eigenvalue weighted by molar-refractivity contribution is 7.14. The number of amides is 1. The summed E-state index contributed by atoms with van der Waals surface area (Å²) in [7, 11) is 0. The molecular weight excluding hydrogens is 376 g/mol. The summed E-state index contributed by atoms with van der Waals surface area (Å²) in [6.45, 7) is 0.171. The minimum Gasteiger partial charge on any atom is -0.302 e. The Morgan fingerprint density at radius 2 is 1.93 bits per heavy atom. The second-order valence-electron chi connectivity index (χ2n) is 6.20. The Morgan fingerprint density at radius 1 is 1.11 bits per heavy atom. The Hall–Kier alpha value is -3.52. The zero-order valence-electron chi connectivity index (χ0n) is 14.7. The molecule has 4 aromatic rings. The summed E-state index contributed by atoms with van der Waals surface area (Å²) in [5.74, 6) is -0.252. The number of hydrogen-bond donors (Lipinski definition) is 2. The Bertz CT molecular complexity index is 1270. The summed E-state index contributed by atoms with van der Waals surface area (Å²) in [5, 5.41) is 7.44.